The number of anilines is 3. The number of nitrogens with one attached hydrogen (secondary N) is 1. The van der Waals surface area contributed by atoms with Gasteiger partial charge in [0.1, 0.15) is 11.6 Å². The Bertz CT molecular complexity index is 789. The number of nitrogen functional groups attached to an aromatic ring is 1. The molecule has 0 aliphatic carbocycles. The van der Waals surface area contributed by atoms with Crippen LogP contribution in [0.4, 0.5) is 21.5 Å². The molecule has 1 amide bonds. The van der Waals surface area contributed by atoms with E-state index in [1.807, 2.05) is 6.92 Å². The first-order valence-electron chi connectivity index (χ1n) is 8.97. The molecule has 1 heterocycles. The van der Waals surface area contributed by atoms with E-state index < -0.39 is 0 Å². The number of nitrogens with zero attached hydrogens (tertiary/aromatic N) is 2. The lowest BCUT2D eigenvalue weighted by Crippen LogP contribution is -2.52. The van der Waals surface area contributed by atoms with Gasteiger partial charge < -0.3 is 20.7 Å². The van der Waals surface area contributed by atoms with Crippen LogP contribution in [0.15, 0.2) is 42.5 Å². The van der Waals surface area contributed by atoms with E-state index in [2.05, 4.69) is 15.1 Å². The van der Waals surface area contributed by atoms with E-state index in [4.69, 9.17) is 10.5 Å². The Labute approximate surface area is 158 Å². The third-order valence-electron chi connectivity index (χ3n) is 4.93. The van der Waals surface area contributed by atoms with Crippen molar-refractivity contribution in [3.8, 4) is 5.75 Å². The van der Waals surface area contributed by atoms with Gasteiger partial charge in [-0.2, -0.15) is 0 Å². The largest absolute Gasteiger partial charge is 0.495 e. The number of amides is 1. The minimum Gasteiger partial charge on any atom is -0.495 e. The molecule has 3 rings (SSSR count). The first kappa shape index (κ1) is 19.0. The molecule has 0 saturated carbocycles. The first-order chi connectivity index (χ1) is 13.0. The third kappa shape index (κ3) is 4.49. The average Bonchev–Trinajstić information content (AvgIpc) is 2.68. The van der Waals surface area contributed by atoms with Gasteiger partial charge in [0.25, 0.3) is 0 Å². The molecule has 0 spiro atoms. The van der Waals surface area contributed by atoms with Crippen molar-refractivity contribution in [2.75, 3.05) is 49.2 Å². The van der Waals surface area contributed by atoms with Gasteiger partial charge in [-0.05, 0) is 49.4 Å². The van der Waals surface area contributed by atoms with E-state index >= 15 is 0 Å². The fraction of sp³-hybridized carbons (Fsp3) is 0.350. The number of methoxy groups -OCH3 is 1. The van der Waals surface area contributed by atoms with Crippen LogP contribution >= 0.6 is 0 Å². The van der Waals surface area contributed by atoms with E-state index in [0.29, 0.717) is 17.1 Å². The highest BCUT2D eigenvalue weighted by molar-refractivity contribution is 5.95. The molecule has 0 bridgehead atoms. The molecule has 2 aromatic carbocycles. The molecule has 1 aliphatic rings. The van der Waals surface area contributed by atoms with E-state index in [1.165, 1.54) is 12.1 Å². The third-order valence-corrected chi connectivity index (χ3v) is 4.93. The minimum atomic E-state index is -0.260. The van der Waals surface area contributed by atoms with Gasteiger partial charge >= 0.3 is 0 Å². The zero-order chi connectivity index (χ0) is 19.4. The number of hydrogen-bond acceptors (Lipinski definition) is 5. The average molecular weight is 372 g/mol. The molecule has 144 valence electrons. The summed E-state index contributed by atoms with van der Waals surface area (Å²) in [6.45, 7) is 5.00. The summed E-state index contributed by atoms with van der Waals surface area (Å²) in [6, 6.07) is 11.4. The van der Waals surface area contributed by atoms with Gasteiger partial charge in [-0.1, -0.05) is 0 Å². The van der Waals surface area contributed by atoms with Gasteiger partial charge in [-0.15, -0.1) is 0 Å². The second kappa shape index (κ2) is 8.26. The van der Waals surface area contributed by atoms with Crippen LogP contribution in [0.5, 0.6) is 5.75 Å². The van der Waals surface area contributed by atoms with Gasteiger partial charge in [0.05, 0.1) is 18.8 Å². The smallest absolute Gasteiger partial charge is 0.241 e. The maximum absolute atomic E-state index is 13.1. The molecule has 6 nitrogen and oxygen atoms in total. The zero-order valence-electron chi connectivity index (χ0n) is 15.6. The predicted octanol–water partition coefficient (Wildman–Crippen LogP) is 2.57. The second-order valence-corrected chi connectivity index (χ2v) is 6.62. The number of ether oxygens (including phenoxy) is 1. The summed E-state index contributed by atoms with van der Waals surface area (Å²) in [7, 11) is 1.55. The summed E-state index contributed by atoms with van der Waals surface area (Å²) >= 11 is 0. The number of piperazine rings is 1. The highest BCUT2D eigenvalue weighted by Gasteiger charge is 2.25. The van der Waals surface area contributed by atoms with Crippen LogP contribution in [-0.4, -0.2) is 50.1 Å². The van der Waals surface area contributed by atoms with Crippen molar-refractivity contribution in [2.24, 2.45) is 0 Å². The lowest BCUT2D eigenvalue weighted by molar-refractivity contribution is -0.120. The van der Waals surface area contributed by atoms with Crippen molar-refractivity contribution in [1.82, 2.24) is 4.90 Å². The fourth-order valence-corrected chi connectivity index (χ4v) is 3.24. The summed E-state index contributed by atoms with van der Waals surface area (Å²) in [5.74, 6) is 0.273. The van der Waals surface area contributed by atoms with Crippen LogP contribution in [0, 0.1) is 5.82 Å². The molecule has 1 saturated heterocycles. The molecule has 0 radical (unpaired) electrons. The number of carbonyl (C=O) groups is 1. The van der Waals surface area contributed by atoms with Crippen molar-refractivity contribution < 1.29 is 13.9 Å². The molecular weight excluding hydrogens is 347 g/mol. The summed E-state index contributed by atoms with van der Waals surface area (Å²) in [4.78, 5) is 16.9. The summed E-state index contributed by atoms with van der Waals surface area (Å²) in [6.07, 6.45) is 0. The molecule has 1 unspecified atom stereocenters. The fourth-order valence-electron chi connectivity index (χ4n) is 3.24. The Hall–Kier alpha value is -2.80. The lowest BCUT2D eigenvalue weighted by atomic mass is 10.2. The lowest BCUT2D eigenvalue weighted by Gasteiger charge is -2.38. The monoisotopic (exact) mass is 372 g/mol. The summed E-state index contributed by atoms with van der Waals surface area (Å²) in [5.41, 5.74) is 8.02. The van der Waals surface area contributed by atoms with Crippen LogP contribution in [0.2, 0.25) is 0 Å². The molecule has 3 N–H and O–H groups in total. The summed E-state index contributed by atoms with van der Waals surface area (Å²) < 4.78 is 18.2. The molecule has 1 fully saturated rings. The molecule has 7 heteroatoms. The quantitative estimate of drug-likeness (QED) is 0.790. The standard InChI is InChI=1S/C20H25FN4O2/c1-14(20(26)23-16-5-8-19(27-2)18(22)13-16)24-9-11-25(12-10-24)17-6-3-15(21)4-7-17/h3-8,13-14H,9-12,22H2,1-2H3,(H,23,26). The van der Waals surface area contributed by atoms with Gasteiger partial charge in [0.15, 0.2) is 0 Å². The van der Waals surface area contributed by atoms with Gasteiger partial charge in [-0.25, -0.2) is 4.39 Å². The van der Waals surface area contributed by atoms with Gasteiger partial charge in [0.2, 0.25) is 5.91 Å². The summed E-state index contributed by atoms with van der Waals surface area (Å²) in [5, 5.41) is 2.91. The number of hydrogen-bond donors (Lipinski definition) is 2. The van der Waals surface area contributed by atoms with Crippen molar-refractivity contribution in [2.45, 2.75) is 13.0 Å². The Balaban J connectivity index is 1.55. The van der Waals surface area contributed by atoms with Crippen LogP contribution in [0.1, 0.15) is 6.92 Å². The van der Waals surface area contributed by atoms with E-state index in [1.54, 1.807) is 37.4 Å². The highest BCUT2D eigenvalue weighted by Crippen LogP contribution is 2.25. The van der Waals surface area contributed by atoms with E-state index in [0.717, 1.165) is 31.9 Å². The number of carbonyl (C=O) groups excluding carboxylic acids is 1. The Morgan fingerprint density at radius 1 is 1.15 bits per heavy atom. The molecule has 2 aromatic rings. The minimum absolute atomic E-state index is 0.0743. The maximum atomic E-state index is 13.1. The van der Waals surface area contributed by atoms with Crippen molar-refractivity contribution >= 4 is 23.0 Å². The normalized spacial score (nSPS) is 16.0. The Morgan fingerprint density at radius 3 is 2.41 bits per heavy atom. The van der Waals surface area contributed by atoms with Crippen molar-refractivity contribution in [1.29, 1.82) is 0 Å². The highest BCUT2D eigenvalue weighted by atomic mass is 19.1. The Kier molecular flexibility index (Phi) is 5.81. The zero-order valence-corrected chi connectivity index (χ0v) is 15.6. The van der Waals surface area contributed by atoms with Gasteiger partial charge in [0, 0.05) is 37.6 Å². The molecule has 1 atom stereocenters. The van der Waals surface area contributed by atoms with Crippen LogP contribution in [0.25, 0.3) is 0 Å². The number of nitrogens with two attached hydrogens (primary N) is 1. The van der Waals surface area contributed by atoms with E-state index in [9.17, 15) is 9.18 Å². The topological polar surface area (TPSA) is 70.8 Å². The second-order valence-electron chi connectivity index (χ2n) is 6.62. The molecular formula is C20H25FN4O2. The number of rotatable bonds is 5. The number of halogens is 1. The maximum Gasteiger partial charge on any atom is 0.241 e. The van der Waals surface area contributed by atoms with Crippen molar-refractivity contribution in [3.63, 3.8) is 0 Å². The van der Waals surface area contributed by atoms with Crippen molar-refractivity contribution in [3.05, 3.63) is 48.3 Å². The van der Waals surface area contributed by atoms with E-state index in [-0.39, 0.29) is 17.8 Å². The Morgan fingerprint density at radius 2 is 1.81 bits per heavy atom. The first-order valence-corrected chi connectivity index (χ1v) is 8.97. The molecule has 1 aliphatic heterocycles. The van der Waals surface area contributed by atoms with Crippen LogP contribution in [-0.2, 0) is 4.79 Å². The SMILES string of the molecule is COc1ccc(NC(=O)C(C)N2CCN(c3ccc(F)cc3)CC2)cc1N. The van der Waals surface area contributed by atoms with Crippen LogP contribution < -0.4 is 20.7 Å². The van der Waals surface area contributed by atoms with Crippen LogP contribution in [0.3, 0.4) is 0 Å². The molecule has 0 aromatic heterocycles. The number of benzene rings is 2. The predicted molar refractivity (Wildman–Crippen MR) is 106 cm³/mol. The van der Waals surface area contributed by atoms with Gasteiger partial charge in [-0.3, -0.25) is 9.69 Å². The molecule has 27 heavy (non-hydrogen) atoms.